The minimum atomic E-state index is 0.871. The Morgan fingerprint density at radius 1 is 1.27 bits per heavy atom. The van der Waals surface area contributed by atoms with E-state index >= 15 is 0 Å². The molecule has 0 spiro atoms. The molecular formula is C9H21NO. The largest absolute Gasteiger partial charge is 0.348 e. The van der Waals surface area contributed by atoms with E-state index in [2.05, 4.69) is 6.92 Å². The molecule has 0 aromatic heterocycles. The summed E-state index contributed by atoms with van der Waals surface area (Å²) in [7, 11) is 1.81. The summed E-state index contributed by atoms with van der Waals surface area (Å²) >= 11 is 0. The van der Waals surface area contributed by atoms with E-state index in [1.54, 1.807) is 4.90 Å². The van der Waals surface area contributed by atoms with Gasteiger partial charge in [0.05, 0.1) is 0 Å². The van der Waals surface area contributed by atoms with E-state index in [9.17, 15) is 4.79 Å². The van der Waals surface area contributed by atoms with Gasteiger partial charge in [0.1, 0.15) is 0 Å². The molecule has 0 rings (SSSR count). The van der Waals surface area contributed by atoms with Crippen LogP contribution in [0.5, 0.6) is 0 Å². The summed E-state index contributed by atoms with van der Waals surface area (Å²) < 4.78 is 0. The molecule has 0 aliphatic heterocycles. The average Bonchev–Trinajstić information content (AvgIpc) is 2.08. The minimum Gasteiger partial charge on any atom is -0.348 e. The van der Waals surface area contributed by atoms with Crippen LogP contribution in [-0.4, -0.2) is 24.9 Å². The fraction of sp³-hybridized carbons (Fsp3) is 0.889. The minimum absolute atomic E-state index is 0.871. The Labute approximate surface area is 70.6 Å². The Morgan fingerprint density at radius 2 is 1.82 bits per heavy atom. The first-order valence-electron chi connectivity index (χ1n) is 4.46. The zero-order valence-electron chi connectivity index (χ0n) is 8.26. The highest BCUT2D eigenvalue weighted by Crippen LogP contribution is 1.93. The van der Waals surface area contributed by atoms with Gasteiger partial charge in [-0.05, 0) is 6.42 Å². The molecule has 0 unspecified atom stereocenters. The van der Waals surface area contributed by atoms with Crippen LogP contribution >= 0.6 is 0 Å². The second kappa shape index (κ2) is 12.2. The van der Waals surface area contributed by atoms with Crippen LogP contribution in [0.3, 0.4) is 0 Å². The number of hydrogen-bond acceptors (Lipinski definition) is 1. The van der Waals surface area contributed by atoms with Crippen molar-refractivity contribution in [2.24, 2.45) is 0 Å². The summed E-state index contributed by atoms with van der Waals surface area (Å²) in [6, 6.07) is 0. The van der Waals surface area contributed by atoms with E-state index in [1.165, 1.54) is 12.8 Å². The molecule has 2 heteroatoms. The molecule has 0 aliphatic carbocycles. The second-order valence-corrected chi connectivity index (χ2v) is 2.29. The average molecular weight is 159 g/mol. The number of carbonyl (C=O) groups is 1. The van der Waals surface area contributed by atoms with Crippen molar-refractivity contribution in [2.75, 3.05) is 13.6 Å². The number of hydrogen-bond donors (Lipinski definition) is 0. The number of rotatable bonds is 5. The third-order valence-electron chi connectivity index (χ3n) is 1.29. The third-order valence-corrected chi connectivity index (χ3v) is 1.29. The molecule has 0 aromatic carbocycles. The molecule has 0 saturated heterocycles. The Hall–Kier alpha value is -0.530. The van der Waals surface area contributed by atoms with Crippen molar-refractivity contribution >= 4 is 6.41 Å². The van der Waals surface area contributed by atoms with Crippen molar-refractivity contribution in [3.05, 3.63) is 0 Å². The molecule has 2 nitrogen and oxygen atoms in total. The lowest BCUT2D eigenvalue weighted by molar-refractivity contribution is -0.117. The standard InChI is InChI=1S/C7H15NO.C2H6/c1-3-4-5-6-8(2)7-9;1-2/h7H,3-6H2,1-2H3;1-2H3. The summed E-state index contributed by atoms with van der Waals surface area (Å²) in [4.78, 5) is 11.7. The van der Waals surface area contributed by atoms with Crippen molar-refractivity contribution in [3.63, 3.8) is 0 Å². The molecule has 1 amide bonds. The summed E-state index contributed by atoms with van der Waals surface area (Å²) in [6.45, 7) is 7.05. The topological polar surface area (TPSA) is 20.3 Å². The molecule has 0 saturated carbocycles. The predicted octanol–water partition coefficient (Wildman–Crippen LogP) is 2.29. The molecule has 0 radical (unpaired) electrons. The van der Waals surface area contributed by atoms with E-state index in [4.69, 9.17) is 0 Å². The maximum absolute atomic E-state index is 10.0. The molecule has 68 valence electrons. The van der Waals surface area contributed by atoms with Crippen molar-refractivity contribution in [1.29, 1.82) is 0 Å². The lowest BCUT2D eigenvalue weighted by Crippen LogP contribution is -2.16. The normalized spacial score (nSPS) is 8.00. The molecule has 0 heterocycles. The molecule has 0 N–H and O–H groups in total. The zero-order chi connectivity index (χ0) is 9.11. The number of unbranched alkanes of at least 4 members (excludes halogenated alkanes) is 2. The van der Waals surface area contributed by atoms with Crippen LogP contribution in [0.1, 0.15) is 40.0 Å². The smallest absolute Gasteiger partial charge is 0.209 e. The van der Waals surface area contributed by atoms with Gasteiger partial charge in [-0.25, -0.2) is 0 Å². The highest BCUT2D eigenvalue weighted by molar-refractivity contribution is 5.46. The van der Waals surface area contributed by atoms with Gasteiger partial charge >= 0.3 is 0 Å². The van der Waals surface area contributed by atoms with Crippen LogP contribution in [0.15, 0.2) is 0 Å². The predicted molar refractivity (Wildman–Crippen MR) is 49.6 cm³/mol. The molecule has 0 fully saturated rings. The molecule has 0 atom stereocenters. The van der Waals surface area contributed by atoms with Gasteiger partial charge in [0.25, 0.3) is 0 Å². The summed E-state index contributed by atoms with van der Waals surface area (Å²) in [6.07, 6.45) is 4.44. The van der Waals surface area contributed by atoms with Gasteiger partial charge in [-0.3, -0.25) is 4.79 Å². The van der Waals surface area contributed by atoms with Gasteiger partial charge in [-0.1, -0.05) is 33.6 Å². The third kappa shape index (κ3) is 12.6. The van der Waals surface area contributed by atoms with E-state index in [0.717, 1.165) is 19.4 Å². The number of amides is 1. The van der Waals surface area contributed by atoms with Crippen LogP contribution in [0.25, 0.3) is 0 Å². The lowest BCUT2D eigenvalue weighted by atomic mass is 10.2. The van der Waals surface area contributed by atoms with Crippen molar-refractivity contribution in [3.8, 4) is 0 Å². The van der Waals surface area contributed by atoms with Gasteiger partial charge in [0, 0.05) is 13.6 Å². The van der Waals surface area contributed by atoms with Gasteiger partial charge in [0.15, 0.2) is 0 Å². The first-order chi connectivity index (χ1) is 5.31. The van der Waals surface area contributed by atoms with Gasteiger partial charge in [-0.15, -0.1) is 0 Å². The summed E-state index contributed by atoms with van der Waals surface area (Å²) in [5.74, 6) is 0. The maximum Gasteiger partial charge on any atom is 0.209 e. The molecular weight excluding hydrogens is 138 g/mol. The highest BCUT2D eigenvalue weighted by Gasteiger charge is 1.90. The molecule has 0 aliphatic rings. The van der Waals surface area contributed by atoms with Gasteiger partial charge in [-0.2, -0.15) is 0 Å². The maximum atomic E-state index is 10.0. The van der Waals surface area contributed by atoms with Crippen molar-refractivity contribution in [2.45, 2.75) is 40.0 Å². The summed E-state index contributed by atoms with van der Waals surface area (Å²) in [5.41, 5.74) is 0. The van der Waals surface area contributed by atoms with Crippen LogP contribution < -0.4 is 0 Å². The van der Waals surface area contributed by atoms with E-state index in [0.29, 0.717) is 0 Å². The Morgan fingerprint density at radius 3 is 2.18 bits per heavy atom. The van der Waals surface area contributed by atoms with E-state index in [1.807, 2.05) is 20.9 Å². The Kier molecular flexibility index (Phi) is 14.5. The lowest BCUT2D eigenvalue weighted by Gasteiger charge is -2.08. The van der Waals surface area contributed by atoms with Crippen molar-refractivity contribution in [1.82, 2.24) is 4.90 Å². The fourth-order valence-electron chi connectivity index (χ4n) is 0.664. The molecule has 11 heavy (non-hydrogen) atoms. The van der Waals surface area contributed by atoms with Crippen LogP contribution in [0.4, 0.5) is 0 Å². The van der Waals surface area contributed by atoms with Crippen LogP contribution in [-0.2, 0) is 4.79 Å². The SMILES string of the molecule is CC.CCCCCN(C)C=O. The Balaban J connectivity index is 0. The highest BCUT2D eigenvalue weighted by atomic mass is 16.1. The first kappa shape index (κ1) is 13.1. The fourth-order valence-corrected chi connectivity index (χ4v) is 0.664. The zero-order valence-corrected chi connectivity index (χ0v) is 8.26. The van der Waals surface area contributed by atoms with Crippen LogP contribution in [0, 0.1) is 0 Å². The monoisotopic (exact) mass is 159 g/mol. The number of carbonyl (C=O) groups excluding carboxylic acids is 1. The van der Waals surface area contributed by atoms with Gasteiger partial charge in [0.2, 0.25) is 6.41 Å². The molecule has 0 bridgehead atoms. The van der Waals surface area contributed by atoms with E-state index in [-0.39, 0.29) is 0 Å². The summed E-state index contributed by atoms with van der Waals surface area (Å²) in [5, 5.41) is 0. The van der Waals surface area contributed by atoms with E-state index < -0.39 is 0 Å². The first-order valence-corrected chi connectivity index (χ1v) is 4.46. The van der Waals surface area contributed by atoms with Gasteiger partial charge < -0.3 is 4.90 Å². The van der Waals surface area contributed by atoms with Crippen molar-refractivity contribution < 1.29 is 4.79 Å². The quantitative estimate of drug-likeness (QED) is 0.445. The number of nitrogens with zero attached hydrogens (tertiary/aromatic N) is 1. The van der Waals surface area contributed by atoms with Crippen LogP contribution in [0.2, 0.25) is 0 Å². The Bertz CT molecular complexity index is 74.0. The second-order valence-electron chi connectivity index (χ2n) is 2.29. The molecule has 0 aromatic rings.